The van der Waals surface area contributed by atoms with Crippen molar-refractivity contribution in [2.75, 3.05) is 53.0 Å². The molecule has 124 valence electrons. The van der Waals surface area contributed by atoms with Gasteiger partial charge in [0.2, 0.25) is 0 Å². The zero-order valence-corrected chi connectivity index (χ0v) is 13.7. The summed E-state index contributed by atoms with van der Waals surface area (Å²) in [7, 11) is 1.65. The monoisotopic (exact) mass is 308 g/mol. The number of rotatable bonds is 8. The number of aliphatic hydroxyl groups is 1. The molecule has 0 spiro atoms. The normalized spacial score (nSPS) is 18.3. The van der Waals surface area contributed by atoms with Crippen LogP contribution >= 0.6 is 0 Å². The molecule has 1 aliphatic heterocycles. The lowest BCUT2D eigenvalue weighted by Crippen LogP contribution is -2.48. The van der Waals surface area contributed by atoms with Crippen molar-refractivity contribution < 1.29 is 14.6 Å². The number of nitrogens with zero attached hydrogens (tertiary/aromatic N) is 2. The quantitative estimate of drug-likeness (QED) is 0.782. The lowest BCUT2D eigenvalue weighted by atomic mass is 10.2. The summed E-state index contributed by atoms with van der Waals surface area (Å²) >= 11 is 0. The summed E-state index contributed by atoms with van der Waals surface area (Å²) in [5.74, 6) is 0.829. The number of aliphatic hydroxyl groups excluding tert-OH is 1. The van der Waals surface area contributed by atoms with Crippen molar-refractivity contribution in [1.82, 2.24) is 9.80 Å². The van der Waals surface area contributed by atoms with Gasteiger partial charge in [-0.15, -0.1) is 0 Å². The van der Waals surface area contributed by atoms with Gasteiger partial charge >= 0.3 is 0 Å². The Balaban J connectivity index is 1.64. The van der Waals surface area contributed by atoms with E-state index in [1.165, 1.54) is 0 Å². The Hall–Kier alpha value is -1.14. The Morgan fingerprint density at radius 2 is 1.91 bits per heavy atom. The van der Waals surface area contributed by atoms with E-state index in [9.17, 15) is 5.11 Å². The average molecular weight is 308 g/mol. The van der Waals surface area contributed by atoms with Crippen LogP contribution in [0.25, 0.3) is 0 Å². The van der Waals surface area contributed by atoms with Crippen molar-refractivity contribution in [3.8, 4) is 5.75 Å². The van der Waals surface area contributed by atoms with E-state index in [2.05, 4.69) is 16.7 Å². The van der Waals surface area contributed by atoms with Gasteiger partial charge in [0.25, 0.3) is 0 Å². The van der Waals surface area contributed by atoms with E-state index in [1.807, 2.05) is 24.3 Å². The van der Waals surface area contributed by atoms with E-state index >= 15 is 0 Å². The number of benzene rings is 1. The van der Waals surface area contributed by atoms with Gasteiger partial charge in [0, 0.05) is 32.7 Å². The second-order valence-corrected chi connectivity index (χ2v) is 5.76. The van der Waals surface area contributed by atoms with Gasteiger partial charge in [-0.25, -0.2) is 0 Å². The predicted molar refractivity (Wildman–Crippen MR) is 87.2 cm³/mol. The summed E-state index contributed by atoms with van der Waals surface area (Å²) in [5, 5.41) is 10.1. The van der Waals surface area contributed by atoms with Crippen LogP contribution in [-0.2, 0) is 11.3 Å². The van der Waals surface area contributed by atoms with E-state index in [4.69, 9.17) is 9.47 Å². The highest BCUT2D eigenvalue weighted by molar-refractivity contribution is 5.27. The van der Waals surface area contributed by atoms with E-state index in [-0.39, 0.29) is 0 Å². The summed E-state index contributed by atoms with van der Waals surface area (Å²) < 4.78 is 10.8. The molecule has 0 aromatic heterocycles. The number of likely N-dealkylation sites (N-methyl/N-ethyl adjacent to an activating group) is 1. The topological polar surface area (TPSA) is 45.2 Å². The zero-order chi connectivity index (χ0) is 15.8. The van der Waals surface area contributed by atoms with Crippen molar-refractivity contribution in [1.29, 1.82) is 0 Å². The largest absolute Gasteiger partial charge is 0.497 e. The number of piperazine rings is 1. The third-order valence-electron chi connectivity index (χ3n) is 4.09. The number of β-amino-alcohol motifs (C(OH)–C–C–N with tert-alkyl or cyclic N) is 1. The molecule has 1 heterocycles. The van der Waals surface area contributed by atoms with Gasteiger partial charge in [-0.1, -0.05) is 19.1 Å². The Bertz CT molecular complexity index is 434. The van der Waals surface area contributed by atoms with Crippen LogP contribution in [0.2, 0.25) is 0 Å². The second-order valence-electron chi connectivity index (χ2n) is 5.76. The molecule has 0 saturated carbocycles. The highest BCUT2D eigenvalue weighted by Crippen LogP contribution is 2.13. The first-order valence-corrected chi connectivity index (χ1v) is 8.04. The number of methoxy groups -OCH3 is 1. The summed E-state index contributed by atoms with van der Waals surface area (Å²) in [6, 6.07) is 7.81. The molecule has 5 nitrogen and oxygen atoms in total. The first-order valence-electron chi connectivity index (χ1n) is 8.04. The molecule has 1 atom stereocenters. The highest BCUT2D eigenvalue weighted by atomic mass is 16.5. The third kappa shape index (κ3) is 5.57. The standard InChI is InChI=1S/C17H28N2O3/c1-3-18-7-9-19(10-8-18)12-16(20)14-22-13-15-5-4-6-17(11-15)21-2/h4-6,11,16,20H,3,7-10,12-14H2,1-2H3. The van der Waals surface area contributed by atoms with Crippen LogP contribution in [0.3, 0.4) is 0 Å². The molecule has 0 aliphatic carbocycles. The van der Waals surface area contributed by atoms with Gasteiger partial charge in [-0.2, -0.15) is 0 Å². The van der Waals surface area contributed by atoms with Gasteiger partial charge in [0.1, 0.15) is 5.75 Å². The zero-order valence-electron chi connectivity index (χ0n) is 13.7. The van der Waals surface area contributed by atoms with Crippen LogP contribution in [0.15, 0.2) is 24.3 Å². The highest BCUT2D eigenvalue weighted by Gasteiger charge is 2.18. The fourth-order valence-corrected chi connectivity index (χ4v) is 2.71. The maximum atomic E-state index is 10.1. The lowest BCUT2D eigenvalue weighted by Gasteiger charge is -2.34. The fraction of sp³-hybridized carbons (Fsp3) is 0.647. The average Bonchev–Trinajstić information content (AvgIpc) is 2.56. The van der Waals surface area contributed by atoms with Crippen LogP contribution in [0.1, 0.15) is 12.5 Å². The van der Waals surface area contributed by atoms with Crippen LogP contribution in [0.5, 0.6) is 5.75 Å². The smallest absolute Gasteiger partial charge is 0.119 e. The molecule has 0 bridgehead atoms. The van der Waals surface area contributed by atoms with E-state index in [1.54, 1.807) is 7.11 Å². The summed E-state index contributed by atoms with van der Waals surface area (Å²) in [6.07, 6.45) is -0.432. The maximum Gasteiger partial charge on any atom is 0.119 e. The minimum Gasteiger partial charge on any atom is -0.497 e. The van der Waals surface area contributed by atoms with E-state index in [0.717, 1.165) is 44.0 Å². The van der Waals surface area contributed by atoms with Gasteiger partial charge in [0.05, 0.1) is 26.4 Å². The summed E-state index contributed by atoms with van der Waals surface area (Å²) in [6.45, 7) is 9.10. The van der Waals surface area contributed by atoms with Gasteiger partial charge < -0.3 is 19.5 Å². The number of ether oxygens (including phenoxy) is 2. The maximum absolute atomic E-state index is 10.1. The lowest BCUT2D eigenvalue weighted by molar-refractivity contribution is 0.00174. The molecule has 2 rings (SSSR count). The number of hydrogen-bond acceptors (Lipinski definition) is 5. The molecule has 1 saturated heterocycles. The molecule has 1 N–H and O–H groups in total. The van der Waals surface area contributed by atoms with Crippen molar-refractivity contribution >= 4 is 0 Å². The minimum absolute atomic E-state index is 0.366. The predicted octanol–water partition coefficient (Wildman–Crippen LogP) is 1.21. The van der Waals surface area contributed by atoms with E-state index in [0.29, 0.717) is 19.8 Å². The molecular weight excluding hydrogens is 280 g/mol. The van der Waals surface area contributed by atoms with Crippen molar-refractivity contribution in [3.05, 3.63) is 29.8 Å². The fourth-order valence-electron chi connectivity index (χ4n) is 2.71. The Labute approximate surface area is 133 Å². The molecule has 22 heavy (non-hydrogen) atoms. The van der Waals surface area contributed by atoms with Gasteiger partial charge in [-0.05, 0) is 24.2 Å². The van der Waals surface area contributed by atoms with Crippen LogP contribution in [0.4, 0.5) is 0 Å². The second kappa shape index (κ2) is 9.10. The molecule has 5 heteroatoms. The number of hydrogen-bond donors (Lipinski definition) is 1. The Morgan fingerprint density at radius 3 is 2.59 bits per heavy atom. The molecule has 1 aliphatic rings. The van der Waals surface area contributed by atoms with Crippen LogP contribution in [0, 0.1) is 0 Å². The first kappa shape index (κ1) is 17.2. The SMILES string of the molecule is CCN1CCN(CC(O)COCc2cccc(OC)c2)CC1. The first-order chi connectivity index (χ1) is 10.7. The molecule has 1 aromatic rings. The molecule has 1 unspecified atom stereocenters. The minimum atomic E-state index is -0.432. The van der Waals surface area contributed by atoms with Crippen molar-refractivity contribution in [3.63, 3.8) is 0 Å². The Morgan fingerprint density at radius 1 is 1.18 bits per heavy atom. The molecule has 0 radical (unpaired) electrons. The van der Waals surface area contributed by atoms with Crippen molar-refractivity contribution in [2.24, 2.45) is 0 Å². The molecule has 0 amide bonds. The molecule has 1 fully saturated rings. The Kier molecular flexibility index (Phi) is 7.12. The molecule has 1 aromatic carbocycles. The molecular formula is C17H28N2O3. The van der Waals surface area contributed by atoms with Crippen LogP contribution < -0.4 is 4.74 Å². The van der Waals surface area contributed by atoms with Crippen molar-refractivity contribution in [2.45, 2.75) is 19.6 Å². The van der Waals surface area contributed by atoms with Gasteiger partial charge in [0.15, 0.2) is 0 Å². The van der Waals surface area contributed by atoms with E-state index < -0.39 is 6.10 Å². The van der Waals surface area contributed by atoms with Crippen LogP contribution in [-0.4, -0.2) is 74.0 Å². The third-order valence-corrected chi connectivity index (χ3v) is 4.09. The summed E-state index contributed by atoms with van der Waals surface area (Å²) in [5.41, 5.74) is 1.06. The summed E-state index contributed by atoms with van der Waals surface area (Å²) in [4.78, 5) is 4.74. The van der Waals surface area contributed by atoms with Gasteiger partial charge in [-0.3, -0.25) is 4.90 Å².